The van der Waals surface area contributed by atoms with Crippen molar-refractivity contribution in [1.29, 1.82) is 0 Å². The average molecular weight is 471 g/mol. The van der Waals surface area contributed by atoms with Crippen LogP contribution in [0.1, 0.15) is 58.9 Å². The minimum atomic E-state index is -1.03. The van der Waals surface area contributed by atoms with Crippen molar-refractivity contribution in [1.82, 2.24) is 20.9 Å². The highest BCUT2D eigenvalue weighted by Gasteiger charge is 2.44. The minimum Gasteiger partial charge on any atom is -0.485 e. The van der Waals surface area contributed by atoms with Crippen LogP contribution in [-0.2, 0) is 14.4 Å². The van der Waals surface area contributed by atoms with Crippen molar-refractivity contribution in [3.05, 3.63) is 36.0 Å². The molecule has 1 aromatic carbocycles. The van der Waals surface area contributed by atoms with Gasteiger partial charge in [-0.15, -0.1) is 0 Å². The first-order chi connectivity index (χ1) is 16.1. The highest BCUT2D eigenvalue weighted by atomic mass is 16.5. The van der Waals surface area contributed by atoms with E-state index in [1.165, 1.54) is 0 Å². The van der Waals surface area contributed by atoms with Gasteiger partial charge in [-0.1, -0.05) is 32.9 Å². The van der Waals surface area contributed by atoms with Gasteiger partial charge in [0.1, 0.15) is 23.4 Å². The van der Waals surface area contributed by atoms with Gasteiger partial charge in [0.2, 0.25) is 17.7 Å². The molecule has 2 bridgehead atoms. The van der Waals surface area contributed by atoms with E-state index in [9.17, 15) is 14.4 Å². The Morgan fingerprint density at radius 2 is 1.94 bits per heavy atom. The molecule has 186 valence electrons. The van der Waals surface area contributed by atoms with Gasteiger partial charge < -0.3 is 20.7 Å². The van der Waals surface area contributed by atoms with Crippen LogP contribution in [0.4, 0.5) is 0 Å². The lowest BCUT2D eigenvalue weighted by Gasteiger charge is -2.38. The summed E-state index contributed by atoms with van der Waals surface area (Å²) in [5, 5.41) is 8.66. The third-order valence-corrected chi connectivity index (χ3v) is 6.76. The highest BCUT2D eigenvalue weighted by molar-refractivity contribution is 5.94. The quantitative estimate of drug-likeness (QED) is 0.614. The molecule has 0 spiro atoms. The molecule has 8 nitrogen and oxygen atoms in total. The first-order valence-corrected chi connectivity index (χ1v) is 12.2. The van der Waals surface area contributed by atoms with Gasteiger partial charge in [-0.25, -0.2) is 0 Å². The van der Waals surface area contributed by atoms with Crippen LogP contribution in [0.5, 0.6) is 5.75 Å². The molecule has 0 aliphatic carbocycles. The summed E-state index contributed by atoms with van der Waals surface area (Å²) in [6, 6.07) is 5.39. The molecule has 34 heavy (non-hydrogen) atoms. The first-order valence-electron chi connectivity index (χ1n) is 12.2. The molecule has 3 aliphatic rings. The maximum atomic E-state index is 13.7. The van der Waals surface area contributed by atoms with Crippen LogP contribution in [-0.4, -0.2) is 59.9 Å². The fraction of sp³-hybridized carbons (Fsp3) is 0.577. The fourth-order valence-corrected chi connectivity index (χ4v) is 4.51. The number of hydrogen-bond acceptors (Lipinski definition) is 5. The second kappa shape index (κ2) is 11.0. The zero-order chi connectivity index (χ0) is 24.9. The molecule has 0 unspecified atom stereocenters. The summed E-state index contributed by atoms with van der Waals surface area (Å²) in [6.45, 7) is 8.58. The molecule has 1 saturated heterocycles. The number of ether oxygens (including phenoxy) is 1. The van der Waals surface area contributed by atoms with E-state index in [2.05, 4.69) is 16.0 Å². The van der Waals surface area contributed by atoms with Crippen LogP contribution in [0.15, 0.2) is 30.5 Å². The van der Waals surface area contributed by atoms with Gasteiger partial charge in [-0.2, -0.15) is 0 Å². The number of likely N-dealkylation sites (tertiary alicyclic amines) is 1. The van der Waals surface area contributed by atoms with Gasteiger partial charge in [0.25, 0.3) is 0 Å². The van der Waals surface area contributed by atoms with E-state index in [0.29, 0.717) is 18.6 Å². The maximum Gasteiger partial charge on any atom is 0.247 e. The monoisotopic (exact) mass is 470 g/mol. The van der Waals surface area contributed by atoms with E-state index >= 15 is 0 Å². The summed E-state index contributed by atoms with van der Waals surface area (Å²) in [5.74, 6) is -0.151. The third-order valence-electron chi connectivity index (χ3n) is 6.76. The Morgan fingerprint density at radius 3 is 2.53 bits per heavy atom. The molecule has 1 fully saturated rings. The number of carbonyl (C=O) groups is 3. The number of hydrogen-bond donors (Lipinski definition) is 3. The van der Waals surface area contributed by atoms with Gasteiger partial charge in [-0.3, -0.25) is 19.3 Å². The van der Waals surface area contributed by atoms with Crippen molar-refractivity contribution in [2.24, 2.45) is 5.92 Å². The summed E-state index contributed by atoms with van der Waals surface area (Å²) in [5.41, 5.74) is -0.126. The molecule has 8 heteroatoms. The third kappa shape index (κ3) is 6.17. The summed E-state index contributed by atoms with van der Waals surface area (Å²) in [7, 11) is 1.92. The molecular formula is C26H38N4O4. The SMILES string of the molecule is CC[C@@]1(C)Oc2ccc(cc2)C=CNC(=O)[C@H](CC(C)C)NC(=O)[C@H]1NC(=O)[C@@H]1CCCN1C. The van der Waals surface area contributed by atoms with Crippen molar-refractivity contribution in [3.8, 4) is 5.75 Å². The second-order valence-electron chi connectivity index (χ2n) is 9.95. The van der Waals surface area contributed by atoms with Crippen LogP contribution < -0.4 is 20.7 Å². The summed E-state index contributed by atoms with van der Waals surface area (Å²) in [4.78, 5) is 41.8. The van der Waals surface area contributed by atoms with E-state index in [-0.39, 0.29) is 23.8 Å². The zero-order valence-electron chi connectivity index (χ0n) is 20.9. The standard InChI is InChI=1S/C26H38N4O4/c1-6-26(4)22(29-24(32)21-8-7-15-30(21)5)25(33)28-20(16-17(2)3)23(31)27-14-13-18-9-11-19(34-26)12-10-18/h9-14,17,20-22H,6-8,15-16H2,1-5H3,(H,27,31)(H,28,33)(H,29,32)/t20-,21-,22+,26+/m0/s1. The lowest BCUT2D eigenvalue weighted by atomic mass is 9.90. The smallest absolute Gasteiger partial charge is 0.247 e. The summed E-state index contributed by atoms with van der Waals surface area (Å²) in [6.07, 6.45) is 5.98. The van der Waals surface area contributed by atoms with E-state index < -0.39 is 23.6 Å². The zero-order valence-corrected chi connectivity index (χ0v) is 20.9. The van der Waals surface area contributed by atoms with Gasteiger partial charge in [-0.05, 0) is 75.9 Å². The number of benzene rings is 1. The molecule has 4 rings (SSSR count). The van der Waals surface area contributed by atoms with Crippen LogP contribution >= 0.6 is 0 Å². The topological polar surface area (TPSA) is 99.8 Å². The lowest BCUT2D eigenvalue weighted by Crippen LogP contribution is -2.64. The van der Waals surface area contributed by atoms with Crippen LogP contribution in [0, 0.1) is 5.92 Å². The van der Waals surface area contributed by atoms with E-state index in [1.54, 1.807) is 12.3 Å². The summed E-state index contributed by atoms with van der Waals surface area (Å²) >= 11 is 0. The Kier molecular flexibility index (Phi) is 8.36. The number of carbonyl (C=O) groups excluding carboxylic acids is 3. The first kappa shape index (κ1) is 25.7. The molecule has 4 atom stereocenters. The Morgan fingerprint density at radius 1 is 1.24 bits per heavy atom. The number of fused-ring (bicyclic) bond motifs is 10. The highest BCUT2D eigenvalue weighted by Crippen LogP contribution is 2.27. The largest absolute Gasteiger partial charge is 0.485 e. The molecule has 3 amide bonds. The van der Waals surface area contributed by atoms with Crippen molar-refractivity contribution in [2.75, 3.05) is 13.6 Å². The Balaban J connectivity index is 1.99. The molecule has 3 N–H and O–H groups in total. The van der Waals surface area contributed by atoms with Gasteiger partial charge in [0, 0.05) is 6.20 Å². The molecule has 0 aromatic heterocycles. The van der Waals surface area contributed by atoms with Gasteiger partial charge in [0.15, 0.2) is 0 Å². The van der Waals surface area contributed by atoms with Crippen molar-refractivity contribution >= 4 is 23.8 Å². The van der Waals surface area contributed by atoms with Crippen molar-refractivity contribution in [3.63, 3.8) is 0 Å². The maximum absolute atomic E-state index is 13.7. The molecule has 1 aromatic rings. The number of rotatable bonds is 5. The number of likely N-dealkylation sites (N-methyl/N-ethyl adjacent to an activating group) is 1. The normalized spacial score (nSPS) is 28.2. The lowest BCUT2D eigenvalue weighted by molar-refractivity contribution is -0.138. The fourth-order valence-electron chi connectivity index (χ4n) is 4.51. The minimum absolute atomic E-state index is 0.180. The van der Waals surface area contributed by atoms with Gasteiger partial charge in [0.05, 0.1) is 6.04 Å². The average Bonchev–Trinajstić information content (AvgIpc) is 3.22. The second-order valence-corrected chi connectivity index (χ2v) is 9.95. The predicted molar refractivity (Wildman–Crippen MR) is 132 cm³/mol. The summed E-state index contributed by atoms with van der Waals surface area (Å²) < 4.78 is 6.35. The van der Waals surface area contributed by atoms with Crippen molar-refractivity contribution in [2.45, 2.75) is 77.1 Å². The Labute approximate surface area is 202 Å². The van der Waals surface area contributed by atoms with Crippen LogP contribution in [0.3, 0.4) is 0 Å². The molecule has 0 radical (unpaired) electrons. The Hall–Kier alpha value is -2.87. The molecular weight excluding hydrogens is 432 g/mol. The predicted octanol–water partition coefficient (Wildman–Crippen LogP) is 2.44. The van der Waals surface area contributed by atoms with E-state index in [0.717, 1.165) is 24.9 Å². The molecule has 3 aliphatic heterocycles. The number of nitrogens with one attached hydrogen (secondary N) is 3. The number of amides is 3. The van der Waals surface area contributed by atoms with Crippen LogP contribution in [0.2, 0.25) is 0 Å². The van der Waals surface area contributed by atoms with Crippen molar-refractivity contribution < 1.29 is 19.1 Å². The molecule has 3 heterocycles. The van der Waals surface area contributed by atoms with E-state index in [1.807, 2.05) is 63.9 Å². The van der Waals surface area contributed by atoms with E-state index in [4.69, 9.17) is 4.74 Å². The number of nitrogens with zero attached hydrogens (tertiary/aromatic N) is 1. The van der Waals surface area contributed by atoms with Gasteiger partial charge >= 0.3 is 0 Å². The molecule has 0 saturated carbocycles. The van der Waals surface area contributed by atoms with Crippen LogP contribution in [0.25, 0.3) is 6.08 Å². The Bertz CT molecular complexity index is 914.